The molecule has 116 valence electrons. The molecule has 6 nitrogen and oxygen atoms in total. The van der Waals surface area contributed by atoms with Gasteiger partial charge in [0, 0.05) is 6.20 Å². The van der Waals surface area contributed by atoms with Crippen LogP contribution >= 0.6 is 0 Å². The highest BCUT2D eigenvalue weighted by Gasteiger charge is 2.14. The Morgan fingerprint density at radius 1 is 1.29 bits per heavy atom. The molecule has 0 fully saturated rings. The molecule has 0 radical (unpaired) electrons. The van der Waals surface area contributed by atoms with Gasteiger partial charge in [-0.3, -0.25) is 9.59 Å². The highest BCUT2D eigenvalue weighted by molar-refractivity contribution is 5.96. The van der Waals surface area contributed by atoms with Crippen LogP contribution in [-0.2, 0) is 9.53 Å². The lowest BCUT2D eigenvalue weighted by Gasteiger charge is -2.08. The first-order chi connectivity index (χ1) is 10.2. The van der Waals surface area contributed by atoms with Gasteiger partial charge in [0.2, 0.25) is 0 Å². The molecule has 0 atom stereocenters. The maximum absolute atomic E-state index is 11.9. The molecule has 0 bridgehead atoms. The van der Waals surface area contributed by atoms with E-state index in [0.29, 0.717) is 12.4 Å². The van der Waals surface area contributed by atoms with Crippen molar-refractivity contribution in [3.8, 4) is 5.75 Å². The largest absolute Gasteiger partial charge is 0.494 e. The molecular formula is C15H22N2O4. The molecule has 0 aromatic carbocycles. The van der Waals surface area contributed by atoms with Crippen molar-refractivity contribution in [2.45, 2.75) is 32.6 Å². The van der Waals surface area contributed by atoms with E-state index in [2.05, 4.69) is 17.2 Å². The summed E-state index contributed by atoms with van der Waals surface area (Å²) >= 11 is 0. The van der Waals surface area contributed by atoms with Crippen molar-refractivity contribution in [1.82, 2.24) is 10.3 Å². The van der Waals surface area contributed by atoms with Crippen LogP contribution in [0.5, 0.6) is 5.75 Å². The minimum absolute atomic E-state index is 0.149. The van der Waals surface area contributed by atoms with Gasteiger partial charge in [0.15, 0.2) is 5.69 Å². The number of pyridine rings is 1. The molecule has 1 aromatic heterocycles. The lowest BCUT2D eigenvalue weighted by atomic mass is 10.2. The summed E-state index contributed by atoms with van der Waals surface area (Å²) in [4.78, 5) is 27.3. The number of aromatic nitrogens is 1. The van der Waals surface area contributed by atoms with Gasteiger partial charge in [-0.1, -0.05) is 26.2 Å². The number of hydrogen-bond donors (Lipinski definition) is 1. The predicted octanol–water partition coefficient (Wildman–Crippen LogP) is 1.94. The molecular weight excluding hydrogens is 272 g/mol. The molecule has 0 unspecified atom stereocenters. The van der Waals surface area contributed by atoms with E-state index in [-0.39, 0.29) is 12.2 Å². The average molecular weight is 294 g/mol. The minimum Gasteiger partial charge on any atom is -0.494 e. The van der Waals surface area contributed by atoms with Gasteiger partial charge >= 0.3 is 5.97 Å². The van der Waals surface area contributed by atoms with Gasteiger partial charge in [-0.25, -0.2) is 4.98 Å². The van der Waals surface area contributed by atoms with Crippen LogP contribution in [0.3, 0.4) is 0 Å². The summed E-state index contributed by atoms with van der Waals surface area (Å²) < 4.78 is 10.1. The number of rotatable bonds is 9. The highest BCUT2D eigenvalue weighted by atomic mass is 16.5. The minimum atomic E-state index is -0.463. The van der Waals surface area contributed by atoms with E-state index in [1.807, 2.05) is 0 Å². The van der Waals surface area contributed by atoms with Crippen LogP contribution in [0.15, 0.2) is 18.3 Å². The number of carbonyl (C=O) groups excluding carboxylic acids is 2. The standard InChI is InChI=1S/C15H22N2O4/c1-3-4-5-6-10-21-13(18)11-17-15(19)14-12(20-2)8-7-9-16-14/h7-9H,3-6,10-11H2,1-2H3,(H,17,19). The van der Waals surface area contributed by atoms with Crippen molar-refractivity contribution in [2.24, 2.45) is 0 Å². The maximum Gasteiger partial charge on any atom is 0.325 e. The Balaban J connectivity index is 2.31. The van der Waals surface area contributed by atoms with Gasteiger partial charge in [0.1, 0.15) is 12.3 Å². The number of unbranched alkanes of at least 4 members (excludes halogenated alkanes) is 3. The van der Waals surface area contributed by atoms with Gasteiger partial charge < -0.3 is 14.8 Å². The quantitative estimate of drug-likeness (QED) is 0.556. The Labute approximate surface area is 124 Å². The Hall–Kier alpha value is -2.11. The molecule has 0 aliphatic rings. The van der Waals surface area contributed by atoms with Gasteiger partial charge in [0.25, 0.3) is 5.91 Å². The number of hydrogen-bond acceptors (Lipinski definition) is 5. The van der Waals surface area contributed by atoms with Crippen LogP contribution in [0.4, 0.5) is 0 Å². The average Bonchev–Trinajstić information content (AvgIpc) is 2.52. The number of nitrogens with one attached hydrogen (secondary N) is 1. The van der Waals surface area contributed by atoms with Crippen molar-refractivity contribution in [3.63, 3.8) is 0 Å². The van der Waals surface area contributed by atoms with E-state index in [1.54, 1.807) is 12.1 Å². The molecule has 6 heteroatoms. The molecule has 0 saturated carbocycles. The van der Waals surface area contributed by atoms with Gasteiger partial charge in [0.05, 0.1) is 13.7 Å². The number of carbonyl (C=O) groups is 2. The fraction of sp³-hybridized carbons (Fsp3) is 0.533. The predicted molar refractivity (Wildman–Crippen MR) is 78.2 cm³/mol. The normalized spacial score (nSPS) is 10.0. The van der Waals surface area contributed by atoms with Crippen LogP contribution in [0.25, 0.3) is 0 Å². The Morgan fingerprint density at radius 2 is 2.10 bits per heavy atom. The van der Waals surface area contributed by atoms with E-state index in [9.17, 15) is 9.59 Å². The lowest BCUT2D eigenvalue weighted by Crippen LogP contribution is -2.31. The summed E-state index contributed by atoms with van der Waals surface area (Å²) in [6.07, 6.45) is 5.65. The molecule has 0 saturated heterocycles. The summed E-state index contributed by atoms with van der Waals surface area (Å²) in [6.45, 7) is 2.33. The first-order valence-corrected chi connectivity index (χ1v) is 7.11. The SMILES string of the molecule is CCCCCCOC(=O)CNC(=O)c1ncccc1OC. The van der Waals surface area contributed by atoms with Gasteiger partial charge in [-0.15, -0.1) is 0 Å². The summed E-state index contributed by atoms with van der Waals surface area (Å²) in [5.74, 6) is -0.548. The molecule has 0 aliphatic carbocycles. The zero-order valence-corrected chi connectivity index (χ0v) is 12.6. The fourth-order valence-electron chi connectivity index (χ4n) is 1.73. The molecule has 1 aromatic rings. The Bertz CT molecular complexity index is 463. The van der Waals surface area contributed by atoms with Gasteiger partial charge in [-0.05, 0) is 18.6 Å². The van der Waals surface area contributed by atoms with Crippen LogP contribution in [-0.4, -0.2) is 37.1 Å². The topological polar surface area (TPSA) is 77.5 Å². The third-order valence-electron chi connectivity index (χ3n) is 2.86. The molecule has 1 amide bonds. The molecule has 0 spiro atoms. The van der Waals surface area contributed by atoms with E-state index >= 15 is 0 Å². The number of methoxy groups -OCH3 is 1. The zero-order valence-electron chi connectivity index (χ0n) is 12.6. The second-order valence-electron chi connectivity index (χ2n) is 4.52. The lowest BCUT2D eigenvalue weighted by molar-refractivity contribution is -0.142. The van der Waals surface area contributed by atoms with Crippen molar-refractivity contribution in [3.05, 3.63) is 24.0 Å². The summed E-state index contributed by atoms with van der Waals surface area (Å²) in [6, 6.07) is 3.30. The number of nitrogens with zero attached hydrogens (tertiary/aromatic N) is 1. The van der Waals surface area contributed by atoms with Crippen molar-refractivity contribution in [2.75, 3.05) is 20.3 Å². The van der Waals surface area contributed by atoms with Crippen LogP contribution in [0.1, 0.15) is 43.1 Å². The van der Waals surface area contributed by atoms with Crippen LogP contribution < -0.4 is 10.1 Å². The first kappa shape index (κ1) is 16.9. The van der Waals surface area contributed by atoms with Crippen molar-refractivity contribution in [1.29, 1.82) is 0 Å². The van der Waals surface area contributed by atoms with Gasteiger partial charge in [-0.2, -0.15) is 0 Å². The molecule has 0 aliphatic heterocycles. The highest BCUT2D eigenvalue weighted by Crippen LogP contribution is 2.13. The van der Waals surface area contributed by atoms with E-state index in [1.165, 1.54) is 13.3 Å². The number of ether oxygens (including phenoxy) is 2. The van der Waals surface area contributed by atoms with Crippen LogP contribution in [0.2, 0.25) is 0 Å². The van der Waals surface area contributed by atoms with E-state index < -0.39 is 11.9 Å². The second kappa shape index (κ2) is 9.74. The van der Waals surface area contributed by atoms with Crippen molar-refractivity contribution < 1.29 is 19.1 Å². The summed E-state index contributed by atoms with van der Waals surface area (Å²) in [7, 11) is 1.46. The third-order valence-corrected chi connectivity index (χ3v) is 2.86. The van der Waals surface area contributed by atoms with Crippen molar-refractivity contribution >= 4 is 11.9 Å². The Morgan fingerprint density at radius 3 is 2.81 bits per heavy atom. The molecule has 21 heavy (non-hydrogen) atoms. The Kier molecular flexibility index (Phi) is 7.86. The molecule has 1 heterocycles. The number of esters is 1. The number of amides is 1. The maximum atomic E-state index is 11.9. The smallest absolute Gasteiger partial charge is 0.325 e. The van der Waals surface area contributed by atoms with E-state index in [0.717, 1.165) is 25.7 Å². The zero-order chi connectivity index (χ0) is 15.5. The van der Waals surface area contributed by atoms with Crippen LogP contribution in [0, 0.1) is 0 Å². The summed E-state index contributed by atoms with van der Waals surface area (Å²) in [5.41, 5.74) is 0.149. The third kappa shape index (κ3) is 6.25. The monoisotopic (exact) mass is 294 g/mol. The van der Waals surface area contributed by atoms with E-state index in [4.69, 9.17) is 9.47 Å². The fourth-order valence-corrected chi connectivity index (χ4v) is 1.73. The first-order valence-electron chi connectivity index (χ1n) is 7.11. The molecule has 1 rings (SSSR count). The summed E-state index contributed by atoms with van der Waals surface area (Å²) in [5, 5.41) is 2.47. The molecule has 1 N–H and O–H groups in total. The second-order valence-corrected chi connectivity index (χ2v) is 4.52.